The summed E-state index contributed by atoms with van der Waals surface area (Å²) < 4.78 is 26.2. The van der Waals surface area contributed by atoms with Gasteiger partial charge in [-0.3, -0.25) is 4.79 Å². The van der Waals surface area contributed by atoms with E-state index in [0.29, 0.717) is 6.42 Å². The van der Waals surface area contributed by atoms with E-state index in [0.717, 1.165) is 17.7 Å². The van der Waals surface area contributed by atoms with E-state index in [1.165, 1.54) is 6.07 Å². The Morgan fingerprint density at radius 3 is 2.48 bits per heavy atom. The van der Waals surface area contributed by atoms with Gasteiger partial charge in [0.1, 0.15) is 17.4 Å². The third-order valence-electron chi connectivity index (χ3n) is 3.36. The Bertz CT molecular complexity index is 613. The second-order valence-electron chi connectivity index (χ2n) is 5.01. The van der Waals surface area contributed by atoms with Gasteiger partial charge in [0.05, 0.1) is 0 Å². The molecule has 0 radical (unpaired) electrons. The fourth-order valence-corrected chi connectivity index (χ4v) is 2.15. The smallest absolute Gasteiger partial charge is 0.137 e. The summed E-state index contributed by atoms with van der Waals surface area (Å²) in [4.78, 5) is 11.9. The molecule has 2 aromatic carbocycles. The van der Waals surface area contributed by atoms with E-state index in [2.05, 4.69) is 0 Å². The maximum absolute atomic E-state index is 13.5. The summed E-state index contributed by atoms with van der Waals surface area (Å²) in [6.45, 7) is 0. The third kappa shape index (κ3) is 4.46. The molecular weight excluding hydrogens is 272 g/mol. The standard InChI is InChI=1S/C17H17F2NO/c18-14-7-6-13(16(19)11-14)10-15(21)8-9-17(20)12-4-2-1-3-5-12/h1-7,11,17H,8-10,20H2. The molecule has 0 aromatic heterocycles. The van der Waals surface area contributed by atoms with E-state index in [9.17, 15) is 13.6 Å². The molecule has 0 aliphatic rings. The molecule has 2 aromatic rings. The van der Waals surface area contributed by atoms with E-state index in [-0.39, 0.29) is 30.2 Å². The normalized spacial score (nSPS) is 12.1. The summed E-state index contributed by atoms with van der Waals surface area (Å²) >= 11 is 0. The zero-order valence-corrected chi connectivity index (χ0v) is 11.6. The zero-order valence-electron chi connectivity index (χ0n) is 11.6. The molecule has 0 aliphatic carbocycles. The Balaban J connectivity index is 1.87. The number of carbonyl (C=O) groups excluding carboxylic acids is 1. The van der Waals surface area contributed by atoms with Crippen LogP contribution in [0.15, 0.2) is 48.5 Å². The van der Waals surface area contributed by atoms with Crippen LogP contribution in [0.3, 0.4) is 0 Å². The molecule has 2 N–H and O–H groups in total. The predicted octanol–water partition coefficient (Wildman–Crippen LogP) is 3.56. The van der Waals surface area contributed by atoms with Gasteiger partial charge in [-0.25, -0.2) is 8.78 Å². The Labute approximate surface area is 122 Å². The van der Waals surface area contributed by atoms with Crippen LogP contribution in [-0.4, -0.2) is 5.78 Å². The van der Waals surface area contributed by atoms with Crippen molar-refractivity contribution in [2.45, 2.75) is 25.3 Å². The molecule has 21 heavy (non-hydrogen) atoms. The highest BCUT2D eigenvalue weighted by Crippen LogP contribution is 2.17. The largest absolute Gasteiger partial charge is 0.324 e. The molecule has 0 saturated carbocycles. The highest BCUT2D eigenvalue weighted by Gasteiger charge is 2.12. The van der Waals surface area contributed by atoms with Crippen LogP contribution in [0.4, 0.5) is 8.78 Å². The second-order valence-corrected chi connectivity index (χ2v) is 5.01. The topological polar surface area (TPSA) is 43.1 Å². The summed E-state index contributed by atoms with van der Waals surface area (Å²) in [6.07, 6.45) is 0.742. The minimum Gasteiger partial charge on any atom is -0.324 e. The van der Waals surface area contributed by atoms with E-state index in [4.69, 9.17) is 5.73 Å². The maximum Gasteiger partial charge on any atom is 0.137 e. The first kappa shape index (κ1) is 15.3. The van der Waals surface area contributed by atoms with Crippen molar-refractivity contribution in [2.75, 3.05) is 0 Å². The van der Waals surface area contributed by atoms with Crippen LogP contribution < -0.4 is 5.73 Å². The summed E-state index contributed by atoms with van der Waals surface area (Å²) in [5, 5.41) is 0. The van der Waals surface area contributed by atoms with Crippen LogP contribution >= 0.6 is 0 Å². The molecule has 0 bridgehead atoms. The lowest BCUT2D eigenvalue weighted by molar-refractivity contribution is -0.118. The minimum atomic E-state index is -0.685. The molecule has 0 fully saturated rings. The van der Waals surface area contributed by atoms with Crippen molar-refractivity contribution in [3.05, 3.63) is 71.3 Å². The van der Waals surface area contributed by atoms with Gasteiger partial charge in [0.15, 0.2) is 0 Å². The van der Waals surface area contributed by atoms with Crippen molar-refractivity contribution >= 4 is 5.78 Å². The molecule has 1 unspecified atom stereocenters. The molecule has 0 aliphatic heterocycles. The number of hydrogen-bond donors (Lipinski definition) is 1. The monoisotopic (exact) mass is 289 g/mol. The Morgan fingerprint density at radius 1 is 1.10 bits per heavy atom. The van der Waals surface area contributed by atoms with E-state index < -0.39 is 11.6 Å². The van der Waals surface area contributed by atoms with Crippen molar-refractivity contribution in [1.82, 2.24) is 0 Å². The van der Waals surface area contributed by atoms with Gasteiger partial charge in [-0.15, -0.1) is 0 Å². The average Bonchev–Trinajstić information content (AvgIpc) is 2.48. The van der Waals surface area contributed by atoms with Gasteiger partial charge in [0, 0.05) is 24.9 Å². The first-order chi connectivity index (χ1) is 10.1. The van der Waals surface area contributed by atoms with Gasteiger partial charge in [-0.05, 0) is 23.6 Å². The number of nitrogens with two attached hydrogens (primary N) is 1. The molecule has 110 valence electrons. The number of rotatable bonds is 6. The summed E-state index contributed by atoms with van der Waals surface area (Å²) in [6, 6.07) is 12.5. The van der Waals surface area contributed by atoms with Crippen LogP contribution in [0.2, 0.25) is 0 Å². The Hall–Kier alpha value is -2.07. The van der Waals surface area contributed by atoms with Crippen LogP contribution in [0.5, 0.6) is 0 Å². The molecular formula is C17H17F2NO. The van der Waals surface area contributed by atoms with Gasteiger partial charge in [0.2, 0.25) is 0 Å². The third-order valence-corrected chi connectivity index (χ3v) is 3.36. The lowest BCUT2D eigenvalue weighted by Crippen LogP contribution is -2.13. The molecule has 4 heteroatoms. The van der Waals surface area contributed by atoms with E-state index in [1.54, 1.807) is 0 Å². The Morgan fingerprint density at radius 2 is 1.81 bits per heavy atom. The molecule has 2 nitrogen and oxygen atoms in total. The van der Waals surface area contributed by atoms with Crippen molar-refractivity contribution < 1.29 is 13.6 Å². The predicted molar refractivity (Wildman–Crippen MR) is 77.7 cm³/mol. The molecule has 0 spiro atoms. The fourth-order valence-electron chi connectivity index (χ4n) is 2.15. The van der Waals surface area contributed by atoms with E-state index in [1.807, 2.05) is 30.3 Å². The van der Waals surface area contributed by atoms with Gasteiger partial charge in [0.25, 0.3) is 0 Å². The first-order valence-corrected chi connectivity index (χ1v) is 6.82. The minimum absolute atomic E-state index is 0.0341. The average molecular weight is 289 g/mol. The van der Waals surface area contributed by atoms with E-state index >= 15 is 0 Å². The SMILES string of the molecule is NC(CCC(=O)Cc1ccc(F)cc1F)c1ccccc1. The summed E-state index contributed by atoms with van der Waals surface area (Å²) in [7, 11) is 0. The van der Waals surface area contributed by atoms with Crippen LogP contribution in [0.25, 0.3) is 0 Å². The van der Waals surface area contributed by atoms with Crippen molar-refractivity contribution in [2.24, 2.45) is 5.73 Å². The van der Waals surface area contributed by atoms with Gasteiger partial charge in [-0.2, -0.15) is 0 Å². The van der Waals surface area contributed by atoms with Crippen LogP contribution in [0.1, 0.15) is 30.0 Å². The summed E-state index contributed by atoms with van der Waals surface area (Å²) in [5.74, 6) is -1.43. The Kier molecular flexibility index (Phi) is 5.17. The zero-order chi connectivity index (χ0) is 15.2. The number of carbonyl (C=O) groups is 1. The second kappa shape index (κ2) is 7.09. The quantitative estimate of drug-likeness (QED) is 0.883. The van der Waals surface area contributed by atoms with Crippen molar-refractivity contribution in [3.63, 3.8) is 0 Å². The molecule has 0 amide bonds. The van der Waals surface area contributed by atoms with Crippen LogP contribution in [0, 0.1) is 11.6 Å². The number of benzene rings is 2. The highest BCUT2D eigenvalue weighted by atomic mass is 19.1. The lowest BCUT2D eigenvalue weighted by atomic mass is 9.99. The number of halogens is 2. The van der Waals surface area contributed by atoms with Crippen LogP contribution in [-0.2, 0) is 11.2 Å². The van der Waals surface area contributed by atoms with Gasteiger partial charge < -0.3 is 5.73 Å². The lowest BCUT2D eigenvalue weighted by Gasteiger charge is -2.11. The van der Waals surface area contributed by atoms with Gasteiger partial charge >= 0.3 is 0 Å². The number of hydrogen-bond acceptors (Lipinski definition) is 2. The molecule has 0 saturated heterocycles. The summed E-state index contributed by atoms with van der Waals surface area (Å²) in [5.41, 5.74) is 7.20. The molecule has 2 rings (SSSR count). The fraction of sp³-hybridized carbons (Fsp3) is 0.235. The maximum atomic E-state index is 13.5. The first-order valence-electron chi connectivity index (χ1n) is 6.82. The molecule has 0 heterocycles. The highest BCUT2D eigenvalue weighted by molar-refractivity contribution is 5.80. The van der Waals surface area contributed by atoms with Gasteiger partial charge in [-0.1, -0.05) is 36.4 Å². The number of Topliss-reactive ketones (excluding diaryl/α,β-unsaturated/α-hetero) is 1. The number of ketones is 1. The van der Waals surface area contributed by atoms with Crippen molar-refractivity contribution in [3.8, 4) is 0 Å². The molecule has 1 atom stereocenters. The van der Waals surface area contributed by atoms with Crippen molar-refractivity contribution in [1.29, 1.82) is 0 Å².